The molecule has 1 aliphatic heterocycles. The summed E-state index contributed by atoms with van der Waals surface area (Å²) in [6.07, 6.45) is 19.2. The Labute approximate surface area is 325 Å². The van der Waals surface area contributed by atoms with E-state index < -0.39 is 0 Å². The van der Waals surface area contributed by atoms with Gasteiger partial charge in [-0.25, -0.2) is 4.98 Å². The minimum atomic E-state index is -0.197. The van der Waals surface area contributed by atoms with Gasteiger partial charge in [0.1, 0.15) is 12.3 Å². The zero-order valence-corrected chi connectivity index (χ0v) is 33.4. The monoisotopic (exact) mass is 742 g/mol. The van der Waals surface area contributed by atoms with E-state index in [0.717, 1.165) is 38.2 Å². The Morgan fingerprint density at radius 1 is 0.722 bits per heavy atom. The van der Waals surface area contributed by atoms with Gasteiger partial charge in [-0.05, 0) is 116 Å². The summed E-state index contributed by atoms with van der Waals surface area (Å²) < 4.78 is 5.43. The minimum Gasteiger partial charge on any atom is -0.496 e. The maximum Gasteiger partial charge on any atom is 0.257 e. The number of rotatable bonds is 28. The topological polar surface area (TPSA) is 102 Å². The Kier molecular flexibility index (Phi) is 19.9. The fraction of sp³-hybridized carbons (Fsp3) is 0.568. The molecule has 0 unspecified atom stereocenters. The average Bonchev–Trinajstić information content (AvgIpc) is 3.30. The Morgan fingerprint density at radius 3 is 1.96 bits per heavy atom. The van der Waals surface area contributed by atoms with Crippen molar-refractivity contribution in [1.29, 1.82) is 0 Å². The number of benzene rings is 2. The molecular formula is C44H67N7O3. The number of hydrogen-bond donors (Lipinski definition) is 3. The molecule has 0 saturated carbocycles. The molecule has 0 aliphatic carbocycles. The predicted molar refractivity (Wildman–Crippen MR) is 223 cm³/mol. The number of methoxy groups -OCH3 is 1. The maximum absolute atomic E-state index is 12.9. The van der Waals surface area contributed by atoms with Crippen molar-refractivity contribution in [2.75, 3.05) is 77.2 Å². The predicted octanol–water partition coefficient (Wildman–Crippen LogP) is 8.03. The van der Waals surface area contributed by atoms with E-state index in [1.165, 1.54) is 102 Å². The number of nitrogens with zero attached hydrogens (tertiary/aromatic N) is 4. The summed E-state index contributed by atoms with van der Waals surface area (Å²) >= 11 is 0. The minimum absolute atomic E-state index is 0.0778. The van der Waals surface area contributed by atoms with Crippen molar-refractivity contribution in [2.24, 2.45) is 0 Å². The van der Waals surface area contributed by atoms with Gasteiger partial charge in [0.2, 0.25) is 5.91 Å². The zero-order chi connectivity index (χ0) is 38.2. The molecule has 10 heteroatoms. The molecule has 296 valence electrons. The molecule has 2 heterocycles. The van der Waals surface area contributed by atoms with E-state index >= 15 is 0 Å². The lowest BCUT2D eigenvalue weighted by Crippen LogP contribution is -2.36. The molecule has 2 amide bonds. The molecular weight excluding hydrogens is 675 g/mol. The SMILES string of the molecule is COc1ccccc1CNCCCCCCN(C)CCCCCCCCN(C)CCCCCCNC(=O)CN1c2ccccc2C(=O)Nc2cccnc21. The van der Waals surface area contributed by atoms with Crippen molar-refractivity contribution in [3.05, 3.63) is 78.0 Å². The number of pyridine rings is 1. The van der Waals surface area contributed by atoms with E-state index in [4.69, 9.17) is 4.74 Å². The number of amides is 2. The summed E-state index contributed by atoms with van der Waals surface area (Å²) in [5, 5.41) is 9.55. The van der Waals surface area contributed by atoms with Gasteiger partial charge < -0.3 is 35.4 Å². The smallest absolute Gasteiger partial charge is 0.257 e. The van der Waals surface area contributed by atoms with Gasteiger partial charge in [0, 0.05) is 24.8 Å². The first-order valence-corrected chi connectivity index (χ1v) is 20.6. The van der Waals surface area contributed by atoms with Crippen molar-refractivity contribution in [1.82, 2.24) is 25.4 Å². The number of nitrogens with one attached hydrogen (secondary N) is 3. The Hall–Kier alpha value is -3.99. The van der Waals surface area contributed by atoms with Crippen molar-refractivity contribution in [3.63, 3.8) is 0 Å². The third kappa shape index (κ3) is 15.4. The lowest BCUT2D eigenvalue weighted by Gasteiger charge is -2.24. The van der Waals surface area contributed by atoms with Gasteiger partial charge in [-0.1, -0.05) is 81.7 Å². The third-order valence-corrected chi connectivity index (χ3v) is 10.3. The second kappa shape index (κ2) is 25.2. The van der Waals surface area contributed by atoms with E-state index in [2.05, 4.69) is 57.0 Å². The van der Waals surface area contributed by atoms with Crippen molar-refractivity contribution in [3.8, 4) is 5.75 Å². The lowest BCUT2D eigenvalue weighted by molar-refractivity contribution is -0.119. The van der Waals surface area contributed by atoms with Gasteiger partial charge in [0.05, 0.1) is 24.0 Å². The average molecular weight is 742 g/mol. The second-order valence-corrected chi connectivity index (χ2v) is 14.8. The molecule has 0 bridgehead atoms. The summed E-state index contributed by atoms with van der Waals surface area (Å²) in [6.45, 7) is 7.42. The van der Waals surface area contributed by atoms with E-state index in [1.807, 2.05) is 41.3 Å². The van der Waals surface area contributed by atoms with Gasteiger partial charge >= 0.3 is 0 Å². The van der Waals surface area contributed by atoms with Crippen LogP contribution < -0.4 is 25.6 Å². The Bertz CT molecular complexity index is 1520. The molecule has 1 aromatic heterocycles. The third-order valence-electron chi connectivity index (χ3n) is 10.3. The molecule has 3 aromatic rings. The fourth-order valence-electron chi connectivity index (χ4n) is 7.11. The highest BCUT2D eigenvalue weighted by Crippen LogP contribution is 2.35. The van der Waals surface area contributed by atoms with Crippen LogP contribution in [0.3, 0.4) is 0 Å². The van der Waals surface area contributed by atoms with Gasteiger partial charge in [-0.15, -0.1) is 0 Å². The molecule has 0 fully saturated rings. The number of para-hydroxylation sites is 2. The number of carbonyl (C=O) groups is 2. The molecule has 3 N–H and O–H groups in total. The number of ether oxygens (including phenoxy) is 1. The van der Waals surface area contributed by atoms with Crippen LogP contribution >= 0.6 is 0 Å². The number of hydrogen-bond acceptors (Lipinski definition) is 8. The molecule has 1 aliphatic rings. The Morgan fingerprint density at radius 2 is 1.30 bits per heavy atom. The summed E-state index contributed by atoms with van der Waals surface area (Å²) in [7, 11) is 6.26. The van der Waals surface area contributed by atoms with Crippen LogP contribution in [0.1, 0.15) is 106 Å². The number of aromatic nitrogens is 1. The van der Waals surface area contributed by atoms with Crippen molar-refractivity contribution in [2.45, 2.75) is 96.4 Å². The fourth-order valence-corrected chi connectivity index (χ4v) is 7.11. The molecule has 10 nitrogen and oxygen atoms in total. The molecule has 0 spiro atoms. The Balaban J connectivity index is 0.914. The quantitative estimate of drug-likeness (QED) is 0.0644. The van der Waals surface area contributed by atoms with Crippen LogP contribution in [0.25, 0.3) is 0 Å². The van der Waals surface area contributed by atoms with Crippen molar-refractivity contribution < 1.29 is 14.3 Å². The first kappa shape index (κ1) is 42.7. The van der Waals surface area contributed by atoms with Gasteiger partial charge in [0.25, 0.3) is 5.91 Å². The van der Waals surface area contributed by atoms with Crippen LogP contribution in [-0.2, 0) is 11.3 Å². The van der Waals surface area contributed by atoms with E-state index in [9.17, 15) is 9.59 Å². The normalized spacial score (nSPS) is 12.4. The van der Waals surface area contributed by atoms with Crippen LogP contribution in [0.2, 0.25) is 0 Å². The highest BCUT2D eigenvalue weighted by molar-refractivity contribution is 6.12. The zero-order valence-electron chi connectivity index (χ0n) is 33.4. The van der Waals surface area contributed by atoms with Crippen molar-refractivity contribution >= 4 is 29.0 Å². The van der Waals surface area contributed by atoms with Crippen LogP contribution in [0.15, 0.2) is 66.9 Å². The first-order chi connectivity index (χ1) is 26.5. The first-order valence-electron chi connectivity index (χ1n) is 20.6. The molecule has 2 aromatic carbocycles. The van der Waals surface area contributed by atoms with Gasteiger partial charge in [-0.2, -0.15) is 0 Å². The summed E-state index contributed by atoms with van der Waals surface area (Å²) in [4.78, 5) is 37.0. The lowest BCUT2D eigenvalue weighted by atomic mass is 10.1. The molecule has 0 atom stereocenters. The van der Waals surface area contributed by atoms with Crippen LogP contribution in [0.4, 0.5) is 17.2 Å². The second-order valence-electron chi connectivity index (χ2n) is 14.8. The van der Waals surface area contributed by atoms with Gasteiger partial charge in [-0.3, -0.25) is 9.59 Å². The van der Waals surface area contributed by atoms with E-state index in [-0.39, 0.29) is 18.4 Å². The van der Waals surface area contributed by atoms with E-state index in [1.54, 1.807) is 25.4 Å². The highest BCUT2D eigenvalue weighted by Gasteiger charge is 2.27. The summed E-state index contributed by atoms with van der Waals surface area (Å²) in [5.41, 5.74) is 3.04. The number of anilines is 3. The largest absolute Gasteiger partial charge is 0.496 e. The van der Waals surface area contributed by atoms with Crippen LogP contribution in [0.5, 0.6) is 5.75 Å². The molecule has 0 radical (unpaired) electrons. The summed E-state index contributed by atoms with van der Waals surface area (Å²) in [5.74, 6) is 1.27. The number of unbranched alkanes of at least 4 members (excludes halogenated alkanes) is 11. The van der Waals surface area contributed by atoms with Crippen LogP contribution in [-0.4, -0.2) is 93.6 Å². The van der Waals surface area contributed by atoms with Crippen LogP contribution in [0, 0.1) is 0 Å². The summed E-state index contributed by atoms with van der Waals surface area (Å²) in [6, 6.07) is 19.2. The maximum atomic E-state index is 12.9. The van der Waals surface area contributed by atoms with E-state index in [0.29, 0.717) is 29.3 Å². The molecule has 0 saturated heterocycles. The number of carbonyl (C=O) groups excluding carboxylic acids is 2. The highest BCUT2D eigenvalue weighted by atomic mass is 16.5. The van der Waals surface area contributed by atoms with Gasteiger partial charge in [0.15, 0.2) is 5.82 Å². The molecule has 4 rings (SSSR count). The standard InChI is InChI=1S/C44H67N7O3/c1-49(33-20-10-6-16-28-45-35-37-23-12-15-27-41(37)54-3)31-18-8-4-5-9-19-32-50(2)34-21-11-7-17-29-46-42(52)36-51-40-26-14-13-24-38(40)44(53)48-39-25-22-30-47-43(39)51/h12-15,22-27,30,45H,4-11,16-21,28-29,31-36H2,1-3H3,(H,46,52)(H,48,53). The number of fused-ring (bicyclic) bond motifs is 2. The molecule has 54 heavy (non-hydrogen) atoms.